The molecule has 3 atom stereocenters. The van der Waals surface area contributed by atoms with E-state index in [4.69, 9.17) is 8.83 Å². The lowest BCUT2D eigenvalue weighted by molar-refractivity contribution is 0.464. The second kappa shape index (κ2) is 10.1. The standard InChI is InChI=1S/C10H17NO2S.C9H13NO2S/c1-8(9-6-5-7-13-9)11-14(12)10(2,3)4;1-9(2,3)13(11)10-7-8-5-4-6-12-8/h5-8,11H,1-4H3;4-7H,1-3H3/t8-,14+;13-/m10/s1. The molecule has 2 aromatic heterocycles. The third-order valence-electron chi connectivity index (χ3n) is 3.15. The largest absolute Gasteiger partial charge is 0.468 e. The van der Waals surface area contributed by atoms with Crippen molar-refractivity contribution in [1.82, 2.24) is 4.72 Å². The van der Waals surface area contributed by atoms with Crippen molar-refractivity contribution < 1.29 is 17.3 Å². The molecule has 0 unspecified atom stereocenters. The fourth-order valence-corrected chi connectivity index (χ4v) is 2.86. The summed E-state index contributed by atoms with van der Waals surface area (Å²) in [6.45, 7) is 13.4. The van der Waals surface area contributed by atoms with Gasteiger partial charge < -0.3 is 8.83 Å². The molecule has 8 heteroatoms. The fraction of sp³-hybridized carbons (Fsp3) is 0.526. The Hall–Kier alpha value is -1.51. The number of furan rings is 2. The van der Waals surface area contributed by atoms with Crippen molar-refractivity contribution in [3.63, 3.8) is 0 Å². The number of hydrogen-bond donors (Lipinski definition) is 1. The minimum Gasteiger partial charge on any atom is -0.468 e. The van der Waals surface area contributed by atoms with E-state index >= 15 is 0 Å². The van der Waals surface area contributed by atoms with Crippen molar-refractivity contribution in [2.45, 2.75) is 64.0 Å². The minimum absolute atomic E-state index is 0.0231. The summed E-state index contributed by atoms with van der Waals surface area (Å²) in [7, 11) is -2.27. The summed E-state index contributed by atoms with van der Waals surface area (Å²) in [4.78, 5) is 0. The van der Waals surface area contributed by atoms with E-state index in [9.17, 15) is 8.42 Å². The van der Waals surface area contributed by atoms with Crippen LogP contribution in [0, 0.1) is 0 Å². The lowest BCUT2D eigenvalue weighted by atomic mass is 10.3. The van der Waals surface area contributed by atoms with Gasteiger partial charge in [-0.15, -0.1) is 0 Å². The Morgan fingerprint density at radius 1 is 1.00 bits per heavy atom. The van der Waals surface area contributed by atoms with E-state index < -0.39 is 22.0 Å². The van der Waals surface area contributed by atoms with Gasteiger partial charge in [0.1, 0.15) is 22.5 Å². The monoisotopic (exact) mass is 414 g/mol. The molecular formula is C19H30N2O4S2. The lowest BCUT2D eigenvalue weighted by Gasteiger charge is -2.20. The highest BCUT2D eigenvalue weighted by molar-refractivity contribution is 7.85. The number of nitrogens with one attached hydrogen (secondary N) is 1. The van der Waals surface area contributed by atoms with Gasteiger partial charge in [0.2, 0.25) is 0 Å². The molecule has 0 radical (unpaired) electrons. The first-order chi connectivity index (χ1) is 12.4. The van der Waals surface area contributed by atoms with Crippen LogP contribution in [-0.2, 0) is 22.0 Å². The van der Waals surface area contributed by atoms with Gasteiger partial charge in [0.15, 0.2) is 0 Å². The summed E-state index contributed by atoms with van der Waals surface area (Å²) in [6.07, 6.45) is 4.66. The van der Waals surface area contributed by atoms with E-state index in [0.717, 1.165) is 5.76 Å². The Morgan fingerprint density at radius 2 is 1.59 bits per heavy atom. The molecule has 6 nitrogen and oxygen atoms in total. The molecule has 0 aromatic carbocycles. The van der Waals surface area contributed by atoms with Crippen LogP contribution in [0.1, 0.15) is 66.0 Å². The molecule has 152 valence electrons. The van der Waals surface area contributed by atoms with E-state index in [1.54, 1.807) is 24.7 Å². The first kappa shape index (κ1) is 23.5. The predicted molar refractivity (Wildman–Crippen MR) is 112 cm³/mol. The highest BCUT2D eigenvalue weighted by Crippen LogP contribution is 2.17. The van der Waals surface area contributed by atoms with Crippen molar-refractivity contribution in [1.29, 1.82) is 0 Å². The molecule has 0 saturated carbocycles. The molecule has 0 spiro atoms. The summed E-state index contributed by atoms with van der Waals surface area (Å²) in [5.41, 5.74) is 0. The van der Waals surface area contributed by atoms with Crippen LogP contribution in [0.3, 0.4) is 0 Å². The van der Waals surface area contributed by atoms with Crippen LogP contribution in [-0.4, -0.2) is 24.1 Å². The Labute approximate surface area is 167 Å². The van der Waals surface area contributed by atoms with E-state index in [1.165, 1.54) is 6.21 Å². The molecule has 2 heterocycles. The molecule has 2 aromatic rings. The van der Waals surface area contributed by atoms with Crippen LogP contribution in [0.15, 0.2) is 50.0 Å². The molecule has 0 aliphatic carbocycles. The highest BCUT2D eigenvalue weighted by Gasteiger charge is 2.22. The van der Waals surface area contributed by atoms with Gasteiger partial charge in [0.05, 0.1) is 45.3 Å². The minimum atomic E-state index is -1.21. The Balaban J connectivity index is 0.000000271. The van der Waals surface area contributed by atoms with Gasteiger partial charge in [-0.05, 0) is 72.7 Å². The van der Waals surface area contributed by atoms with Crippen LogP contribution < -0.4 is 4.72 Å². The van der Waals surface area contributed by atoms with E-state index in [2.05, 4.69) is 9.12 Å². The van der Waals surface area contributed by atoms with Crippen LogP contribution >= 0.6 is 0 Å². The SMILES string of the molecule is CC(C)(C)[S@](=O)N=Cc1ccco1.C[C@@H](N[S@@](=O)C(C)(C)C)c1ccco1. The molecule has 0 aliphatic heterocycles. The van der Waals surface area contributed by atoms with Crippen molar-refractivity contribution >= 4 is 28.2 Å². The summed E-state index contributed by atoms with van der Waals surface area (Å²) >= 11 is 0. The first-order valence-electron chi connectivity index (χ1n) is 8.62. The average molecular weight is 415 g/mol. The van der Waals surface area contributed by atoms with E-state index in [0.29, 0.717) is 5.76 Å². The van der Waals surface area contributed by atoms with Crippen molar-refractivity contribution in [3.8, 4) is 0 Å². The van der Waals surface area contributed by atoms with Gasteiger partial charge in [0.25, 0.3) is 0 Å². The van der Waals surface area contributed by atoms with Gasteiger partial charge in [-0.1, -0.05) is 0 Å². The molecule has 1 N–H and O–H groups in total. The van der Waals surface area contributed by atoms with Gasteiger partial charge >= 0.3 is 0 Å². The van der Waals surface area contributed by atoms with Crippen molar-refractivity contribution in [2.75, 3.05) is 0 Å². The topological polar surface area (TPSA) is 84.8 Å². The normalized spacial score (nSPS) is 15.8. The average Bonchev–Trinajstić information content (AvgIpc) is 3.24. The third-order valence-corrected chi connectivity index (χ3v) is 6.18. The number of rotatable bonds is 5. The summed E-state index contributed by atoms with van der Waals surface area (Å²) in [5.74, 6) is 1.43. The second-order valence-electron chi connectivity index (χ2n) is 7.85. The summed E-state index contributed by atoms with van der Waals surface area (Å²) < 4.78 is 39.7. The fourth-order valence-electron chi connectivity index (χ4n) is 1.56. The molecule has 0 saturated heterocycles. The third kappa shape index (κ3) is 8.81. The molecule has 0 amide bonds. The highest BCUT2D eigenvalue weighted by atomic mass is 32.2. The molecule has 0 bridgehead atoms. The zero-order valence-electron chi connectivity index (χ0n) is 17.0. The molecule has 0 fully saturated rings. The van der Waals surface area contributed by atoms with Gasteiger partial charge in [-0.25, -0.2) is 13.1 Å². The van der Waals surface area contributed by atoms with Gasteiger partial charge in [-0.3, -0.25) is 0 Å². The first-order valence-corrected chi connectivity index (χ1v) is 10.9. The smallest absolute Gasteiger partial charge is 0.145 e. The summed E-state index contributed by atoms with van der Waals surface area (Å²) in [5, 5.41) is 0. The maximum absolute atomic E-state index is 11.7. The van der Waals surface area contributed by atoms with Crippen LogP contribution in [0.25, 0.3) is 0 Å². The van der Waals surface area contributed by atoms with Gasteiger partial charge in [0, 0.05) is 0 Å². The van der Waals surface area contributed by atoms with Crippen molar-refractivity contribution in [2.24, 2.45) is 4.40 Å². The second-order valence-corrected chi connectivity index (χ2v) is 11.8. The summed E-state index contributed by atoms with van der Waals surface area (Å²) in [6, 6.07) is 7.21. The maximum Gasteiger partial charge on any atom is 0.145 e. The van der Waals surface area contributed by atoms with Crippen LogP contribution in [0.2, 0.25) is 0 Å². The number of hydrogen-bond acceptors (Lipinski definition) is 4. The van der Waals surface area contributed by atoms with Crippen LogP contribution in [0.4, 0.5) is 0 Å². The molecule has 0 aliphatic rings. The Morgan fingerprint density at radius 3 is 2.04 bits per heavy atom. The zero-order chi connectivity index (χ0) is 20.7. The lowest BCUT2D eigenvalue weighted by Crippen LogP contribution is -2.34. The quantitative estimate of drug-likeness (QED) is 0.727. The van der Waals surface area contributed by atoms with Crippen molar-refractivity contribution in [3.05, 3.63) is 48.3 Å². The van der Waals surface area contributed by atoms with Gasteiger partial charge in [-0.2, -0.15) is 4.40 Å². The maximum atomic E-state index is 11.7. The molecular weight excluding hydrogens is 384 g/mol. The zero-order valence-corrected chi connectivity index (χ0v) is 18.6. The Bertz CT molecular complexity index is 740. The Kier molecular flexibility index (Phi) is 8.84. The molecule has 27 heavy (non-hydrogen) atoms. The van der Waals surface area contributed by atoms with Crippen LogP contribution in [0.5, 0.6) is 0 Å². The van der Waals surface area contributed by atoms with E-state index in [-0.39, 0.29) is 15.5 Å². The predicted octanol–water partition coefficient (Wildman–Crippen LogP) is 4.55. The molecule has 2 rings (SSSR count). The number of nitrogens with zero attached hydrogens (tertiary/aromatic N) is 1. The van der Waals surface area contributed by atoms with E-state index in [1.807, 2.05) is 60.6 Å².